The van der Waals surface area contributed by atoms with Crippen LogP contribution in [0.25, 0.3) is 6.08 Å². The van der Waals surface area contributed by atoms with Crippen molar-refractivity contribution in [2.75, 3.05) is 19.1 Å². The first kappa shape index (κ1) is 22.6. The van der Waals surface area contributed by atoms with Crippen molar-refractivity contribution in [3.63, 3.8) is 0 Å². The van der Waals surface area contributed by atoms with Gasteiger partial charge in [0.15, 0.2) is 0 Å². The summed E-state index contributed by atoms with van der Waals surface area (Å²) in [5.74, 6) is 5.98. The first-order valence-corrected chi connectivity index (χ1v) is 10.7. The molecule has 1 aliphatic heterocycles. The Balaban J connectivity index is 1.62. The molecule has 0 saturated heterocycles. The second-order valence-electron chi connectivity index (χ2n) is 7.34. The molecule has 0 saturated carbocycles. The fourth-order valence-corrected chi connectivity index (χ4v) is 3.71. The van der Waals surface area contributed by atoms with E-state index in [4.69, 9.17) is 27.9 Å². The number of Topliss-reactive ketones (excluding diaryl/α,β-unsaturated/α-hetero) is 1. The third-order valence-corrected chi connectivity index (χ3v) is 5.91. The minimum atomic E-state index is -0.385. The number of hydrogen-bond donors (Lipinski definition) is 0. The topological polar surface area (TPSA) is 59.5 Å². The molecule has 0 aliphatic carbocycles. The Kier molecular flexibility index (Phi) is 6.50. The van der Waals surface area contributed by atoms with Crippen LogP contribution >= 0.6 is 23.2 Å². The summed E-state index contributed by atoms with van der Waals surface area (Å²) in [6, 6.07) is 13.9. The van der Waals surface area contributed by atoms with Crippen LogP contribution in [0.5, 0.6) is 5.88 Å². The van der Waals surface area contributed by atoms with Gasteiger partial charge in [-0.3, -0.25) is 9.59 Å². The molecule has 1 aromatic heterocycles. The molecule has 0 radical (unpaired) electrons. The zero-order chi connectivity index (χ0) is 23.5. The van der Waals surface area contributed by atoms with E-state index in [2.05, 4.69) is 16.8 Å². The number of nitrogens with zero attached hydrogens (tertiary/aromatic N) is 2. The average Bonchev–Trinajstić information content (AvgIpc) is 2.83. The molecular weight excluding hydrogens is 459 g/mol. The normalized spacial score (nSPS) is 14.1. The average molecular weight is 477 g/mol. The van der Waals surface area contributed by atoms with Gasteiger partial charge in [0.25, 0.3) is 5.91 Å². The van der Waals surface area contributed by atoms with Gasteiger partial charge in [0.2, 0.25) is 11.7 Å². The van der Waals surface area contributed by atoms with Gasteiger partial charge in [-0.2, -0.15) is 0 Å². The van der Waals surface area contributed by atoms with E-state index in [9.17, 15) is 9.59 Å². The van der Waals surface area contributed by atoms with Crippen molar-refractivity contribution in [3.05, 3.63) is 92.6 Å². The minimum Gasteiger partial charge on any atom is -0.481 e. The third-order valence-electron chi connectivity index (χ3n) is 5.17. The standard InChI is InChI=1S/C26H18Cl2N2O3/c1-30-23-10-7-16(4-3-5-17-8-11-24(33-2)29-15-17)12-19(23)25(31)20(26(30)32)13-18-6-9-21(27)22(28)14-18/h6-15H,5H2,1-2H3. The number of likely N-dealkylation sites (N-methyl/N-ethyl adjacent to an activating group) is 1. The lowest BCUT2D eigenvalue weighted by Crippen LogP contribution is -2.36. The number of carbonyl (C=O) groups is 2. The van der Waals surface area contributed by atoms with Crippen LogP contribution in [0.3, 0.4) is 0 Å². The quantitative estimate of drug-likeness (QED) is 0.294. The lowest BCUT2D eigenvalue weighted by molar-refractivity contribution is -0.114. The second kappa shape index (κ2) is 9.50. The summed E-state index contributed by atoms with van der Waals surface area (Å²) in [6.07, 6.45) is 3.74. The molecule has 33 heavy (non-hydrogen) atoms. The van der Waals surface area contributed by atoms with Crippen molar-refractivity contribution < 1.29 is 14.3 Å². The molecule has 0 atom stereocenters. The smallest absolute Gasteiger partial charge is 0.262 e. The number of hydrogen-bond acceptors (Lipinski definition) is 4. The van der Waals surface area contributed by atoms with E-state index in [-0.39, 0.29) is 17.3 Å². The molecule has 0 N–H and O–H groups in total. The van der Waals surface area contributed by atoms with Crippen molar-refractivity contribution in [3.8, 4) is 17.7 Å². The molecule has 0 unspecified atom stereocenters. The Morgan fingerprint density at radius 3 is 2.58 bits per heavy atom. The molecule has 2 aromatic carbocycles. The highest BCUT2D eigenvalue weighted by molar-refractivity contribution is 6.42. The number of ether oxygens (including phenoxy) is 1. The first-order chi connectivity index (χ1) is 15.9. The number of anilines is 1. The van der Waals surface area contributed by atoms with E-state index >= 15 is 0 Å². The van der Waals surface area contributed by atoms with Gasteiger partial charge in [0.1, 0.15) is 0 Å². The van der Waals surface area contributed by atoms with Crippen LogP contribution in [0, 0.1) is 11.8 Å². The Morgan fingerprint density at radius 1 is 1.06 bits per heavy atom. The number of methoxy groups -OCH3 is 1. The molecule has 7 heteroatoms. The lowest BCUT2D eigenvalue weighted by Gasteiger charge is -2.26. The Morgan fingerprint density at radius 2 is 1.88 bits per heavy atom. The number of ketones is 1. The molecule has 1 amide bonds. The van der Waals surface area contributed by atoms with Crippen LogP contribution in [-0.2, 0) is 11.2 Å². The van der Waals surface area contributed by atoms with Gasteiger partial charge in [-0.05, 0) is 47.5 Å². The second-order valence-corrected chi connectivity index (χ2v) is 8.16. The number of amides is 1. The maximum Gasteiger partial charge on any atom is 0.262 e. The summed E-state index contributed by atoms with van der Waals surface area (Å²) in [5.41, 5.74) is 3.26. The van der Waals surface area contributed by atoms with Crippen LogP contribution < -0.4 is 9.64 Å². The van der Waals surface area contributed by atoms with Gasteiger partial charge < -0.3 is 9.64 Å². The maximum absolute atomic E-state index is 13.2. The Bertz CT molecular complexity index is 1350. The van der Waals surface area contributed by atoms with Gasteiger partial charge in [-0.1, -0.05) is 47.2 Å². The number of fused-ring (bicyclic) bond motifs is 1. The SMILES string of the molecule is COc1ccc(CC#Cc2ccc3c(c2)C(=O)C(=Cc2ccc(Cl)c(Cl)c2)C(=O)N3C)cn1. The number of halogens is 2. The van der Waals surface area contributed by atoms with E-state index in [1.165, 1.54) is 11.0 Å². The molecule has 3 aromatic rings. The van der Waals surface area contributed by atoms with Crippen molar-refractivity contribution in [1.29, 1.82) is 0 Å². The highest BCUT2D eigenvalue weighted by Crippen LogP contribution is 2.32. The van der Waals surface area contributed by atoms with E-state index in [0.717, 1.165) is 5.56 Å². The maximum atomic E-state index is 13.2. The highest BCUT2D eigenvalue weighted by atomic mass is 35.5. The van der Waals surface area contributed by atoms with Crippen LogP contribution in [0.1, 0.15) is 27.0 Å². The van der Waals surface area contributed by atoms with E-state index in [0.29, 0.717) is 44.7 Å². The number of pyridine rings is 1. The molecule has 1 aliphatic rings. The van der Waals surface area contributed by atoms with Gasteiger partial charge in [0.05, 0.1) is 28.4 Å². The van der Waals surface area contributed by atoms with Crippen molar-refractivity contribution in [2.45, 2.75) is 6.42 Å². The van der Waals surface area contributed by atoms with E-state index in [1.54, 1.807) is 62.8 Å². The zero-order valence-corrected chi connectivity index (χ0v) is 19.4. The fraction of sp³-hybridized carbons (Fsp3) is 0.115. The molecule has 2 heterocycles. The third kappa shape index (κ3) is 4.78. The molecule has 164 valence electrons. The van der Waals surface area contributed by atoms with Gasteiger partial charge in [-0.25, -0.2) is 4.98 Å². The molecule has 5 nitrogen and oxygen atoms in total. The van der Waals surface area contributed by atoms with Gasteiger partial charge in [0, 0.05) is 36.9 Å². The number of rotatable bonds is 3. The first-order valence-electron chi connectivity index (χ1n) is 9.98. The summed E-state index contributed by atoms with van der Waals surface area (Å²) >= 11 is 12.0. The Hall–Kier alpha value is -3.59. The predicted octanol–water partition coefficient (Wildman–Crippen LogP) is 5.23. The molecular formula is C26H18Cl2N2O3. The number of aromatic nitrogens is 1. The lowest BCUT2D eigenvalue weighted by atomic mass is 9.92. The minimum absolute atomic E-state index is 0.0535. The Labute approximate surface area is 201 Å². The van der Waals surface area contributed by atoms with Crippen LogP contribution in [0.2, 0.25) is 10.0 Å². The van der Waals surface area contributed by atoms with Crippen molar-refractivity contribution in [2.24, 2.45) is 0 Å². The van der Waals surface area contributed by atoms with Crippen LogP contribution in [0.15, 0.2) is 60.3 Å². The van der Waals surface area contributed by atoms with E-state index in [1.807, 2.05) is 6.07 Å². The predicted molar refractivity (Wildman–Crippen MR) is 130 cm³/mol. The van der Waals surface area contributed by atoms with Gasteiger partial charge >= 0.3 is 0 Å². The molecule has 0 bridgehead atoms. The fourth-order valence-electron chi connectivity index (χ4n) is 3.40. The zero-order valence-electron chi connectivity index (χ0n) is 17.9. The van der Waals surface area contributed by atoms with Crippen molar-refractivity contribution in [1.82, 2.24) is 4.98 Å². The van der Waals surface area contributed by atoms with Crippen molar-refractivity contribution >= 4 is 46.7 Å². The summed E-state index contributed by atoms with van der Waals surface area (Å²) in [5, 5.41) is 0.747. The summed E-state index contributed by atoms with van der Waals surface area (Å²) in [6.45, 7) is 0. The molecule has 0 spiro atoms. The molecule has 0 fully saturated rings. The summed E-state index contributed by atoms with van der Waals surface area (Å²) in [4.78, 5) is 31.7. The van der Waals surface area contributed by atoms with Crippen LogP contribution in [-0.4, -0.2) is 30.8 Å². The monoisotopic (exact) mass is 476 g/mol. The van der Waals surface area contributed by atoms with E-state index < -0.39 is 0 Å². The largest absolute Gasteiger partial charge is 0.481 e. The summed E-state index contributed by atoms with van der Waals surface area (Å²) in [7, 11) is 3.20. The highest BCUT2D eigenvalue weighted by Gasteiger charge is 2.32. The number of carbonyl (C=O) groups excluding carboxylic acids is 2. The van der Waals surface area contributed by atoms with Gasteiger partial charge in [-0.15, -0.1) is 0 Å². The molecule has 4 rings (SSSR count). The summed E-state index contributed by atoms with van der Waals surface area (Å²) < 4.78 is 5.06. The number of benzene rings is 2. The van der Waals surface area contributed by atoms with Crippen LogP contribution in [0.4, 0.5) is 5.69 Å².